The van der Waals surface area contributed by atoms with E-state index in [-0.39, 0.29) is 0 Å². The average molecular weight is 1120 g/mol. The summed E-state index contributed by atoms with van der Waals surface area (Å²) >= 11 is 0. The van der Waals surface area contributed by atoms with Crippen molar-refractivity contribution in [1.82, 2.24) is 28.2 Å². The number of aromatic nitrogens is 6. The molecule has 0 spiro atoms. The summed E-state index contributed by atoms with van der Waals surface area (Å²) < 4.78 is 9.69. The highest BCUT2D eigenvalue weighted by Crippen LogP contribution is 2.43. The van der Waals surface area contributed by atoms with Crippen molar-refractivity contribution in [2.45, 2.75) is 0 Å². The fourth-order valence-corrected chi connectivity index (χ4v) is 14.0. The SMILES string of the molecule is c1ccc(-c2ccc3c(c2)c2cc(-c4ccc5c(c4)c4cc(-c6ccccc6)ccc4n5-c4ccc5c(c4)c4ccccc4n5-c4ccccc4)ccc2n3-c2ccc(-n3c4ccc(-c5cccnc5)cc4c4cc(-c5cccnc5)ccc43)cc2)cc1. The molecule has 410 valence electrons. The molecule has 18 rings (SSSR count). The molecule has 12 aromatic carbocycles. The Morgan fingerprint density at radius 2 is 0.443 bits per heavy atom. The van der Waals surface area contributed by atoms with Crippen LogP contribution in [0.1, 0.15) is 0 Å². The Bertz CT molecular complexity index is 5660. The van der Waals surface area contributed by atoms with E-state index in [0.29, 0.717) is 0 Å². The first-order valence-electron chi connectivity index (χ1n) is 30.0. The molecule has 88 heavy (non-hydrogen) atoms. The van der Waals surface area contributed by atoms with Crippen molar-refractivity contribution in [2.75, 3.05) is 0 Å². The van der Waals surface area contributed by atoms with Gasteiger partial charge in [-0.2, -0.15) is 0 Å². The van der Waals surface area contributed by atoms with Crippen LogP contribution in [0.25, 0.3) is 166 Å². The third kappa shape index (κ3) is 7.89. The molecule has 0 amide bonds. The quantitative estimate of drug-likeness (QED) is 0.145. The van der Waals surface area contributed by atoms with Crippen molar-refractivity contribution in [2.24, 2.45) is 0 Å². The van der Waals surface area contributed by atoms with Crippen molar-refractivity contribution in [3.63, 3.8) is 0 Å². The van der Waals surface area contributed by atoms with Crippen LogP contribution in [0.2, 0.25) is 0 Å². The van der Waals surface area contributed by atoms with Crippen LogP contribution in [0, 0.1) is 0 Å². The molecule has 6 aromatic heterocycles. The van der Waals surface area contributed by atoms with Crippen molar-refractivity contribution < 1.29 is 0 Å². The van der Waals surface area contributed by atoms with Crippen LogP contribution in [0.3, 0.4) is 0 Å². The largest absolute Gasteiger partial charge is 0.309 e. The zero-order valence-electron chi connectivity index (χ0n) is 47.7. The first-order chi connectivity index (χ1) is 43.6. The van der Waals surface area contributed by atoms with Gasteiger partial charge in [-0.05, 0) is 190 Å². The van der Waals surface area contributed by atoms with Gasteiger partial charge in [-0.1, -0.05) is 146 Å². The molecule has 6 heterocycles. The van der Waals surface area contributed by atoms with Crippen LogP contribution < -0.4 is 0 Å². The number of benzene rings is 12. The molecular weight excluding hydrogens is 1070 g/mol. The van der Waals surface area contributed by atoms with Crippen molar-refractivity contribution >= 4 is 87.2 Å². The second-order valence-electron chi connectivity index (χ2n) is 23.0. The van der Waals surface area contributed by atoms with Gasteiger partial charge in [-0.25, -0.2) is 0 Å². The number of para-hydroxylation sites is 2. The highest BCUT2D eigenvalue weighted by Gasteiger charge is 2.21. The van der Waals surface area contributed by atoms with Gasteiger partial charge in [-0.3, -0.25) is 9.97 Å². The number of rotatable bonds is 9. The maximum absolute atomic E-state index is 4.46. The molecule has 6 heteroatoms. The van der Waals surface area contributed by atoms with Crippen LogP contribution in [-0.4, -0.2) is 28.2 Å². The van der Waals surface area contributed by atoms with E-state index in [4.69, 9.17) is 0 Å². The lowest BCUT2D eigenvalue weighted by Crippen LogP contribution is -1.97. The van der Waals surface area contributed by atoms with E-state index < -0.39 is 0 Å². The van der Waals surface area contributed by atoms with E-state index in [2.05, 4.69) is 307 Å². The minimum Gasteiger partial charge on any atom is -0.309 e. The summed E-state index contributed by atoms with van der Waals surface area (Å²) in [6.07, 6.45) is 7.53. The molecule has 0 fully saturated rings. The lowest BCUT2D eigenvalue weighted by atomic mass is 9.98. The number of hydrogen-bond acceptors (Lipinski definition) is 2. The van der Waals surface area contributed by atoms with Gasteiger partial charge in [0.05, 0.1) is 44.1 Å². The summed E-state index contributed by atoms with van der Waals surface area (Å²) in [6.45, 7) is 0. The summed E-state index contributed by atoms with van der Waals surface area (Å²) in [7, 11) is 0. The second kappa shape index (κ2) is 19.9. The predicted octanol–water partition coefficient (Wildman–Crippen LogP) is 21.2. The van der Waals surface area contributed by atoms with Crippen LogP contribution >= 0.6 is 0 Å². The number of nitrogens with zero attached hydrogens (tertiary/aromatic N) is 6. The van der Waals surface area contributed by atoms with Crippen LogP contribution in [0.5, 0.6) is 0 Å². The van der Waals surface area contributed by atoms with Crippen molar-refractivity contribution in [3.05, 3.63) is 316 Å². The molecule has 18 aromatic rings. The molecule has 0 aliphatic carbocycles. The van der Waals surface area contributed by atoms with E-state index in [1.807, 2.05) is 36.9 Å². The highest BCUT2D eigenvalue weighted by atomic mass is 15.0. The fourth-order valence-electron chi connectivity index (χ4n) is 14.0. The Kier molecular flexibility index (Phi) is 11.2. The molecule has 6 nitrogen and oxygen atoms in total. The molecule has 0 bridgehead atoms. The standard InChI is InChI=1S/C82H52N6/c1-4-14-53(15-5-1)55-24-35-76-68(44-55)70-46-57(26-37-77(70)86(76)64-30-32-65(33-31-64)87-78-39-28-59(61-18-12-42-83-51-61)48-72(78)73-49-60(29-40-79(73)87)62-19-13-43-84-52-62)58-27-38-81-71(47-58)69-45-56(54-16-6-2-7-17-54)25-36-80(69)88(81)66-34-41-82-74(50-66)67-22-10-11-23-75(67)85(82)63-20-8-3-9-21-63/h1-52H. The maximum atomic E-state index is 4.46. The number of pyridine rings is 2. The van der Waals surface area contributed by atoms with E-state index in [1.165, 1.54) is 81.9 Å². The van der Waals surface area contributed by atoms with Gasteiger partial charge in [0.15, 0.2) is 0 Å². The Morgan fingerprint density at radius 3 is 0.830 bits per heavy atom. The molecule has 0 aliphatic rings. The topological polar surface area (TPSA) is 45.5 Å². The van der Waals surface area contributed by atoms with Gasteiger partial charge in [-0.15, -0.1) is 0 Å². The van der Waals surface area contributed by atoms with E-state index in [9.17, 15) is 0 Å². The summed E-state index contributed by atoms with van der Waals surface area (Å²) in [5.74, 6) is 0. The lowest BCUT2D eigenvalue weighted by molar-refractivity contribution is 1.14. The zero-order valence-corrected chi connectivity index (χ0v) is 47.7. The van der Waals surface area contributed by atoms with Crippen LogP contribution in [0.15, 0.2) is 316 Å². The summed E-state index contributed by atoms with van der Waals surface area (Å²) in [5.41, 5.74) is 25.3. The van der Waals surface area contributed by atoms with Gasteiger partial charge in [0.1, 0.15) is 0 Å². The molecule has 0 radical (unpaired) electrons. The fraction of sp³-hybridized carbons (Fsp3) is 0. The van der Waals surface area contributed by atoms with E-state index in [0.717, 1.165) is 83.7 Å². The molecule has 0 saturated carbocycles. The van der Waals surface area contributed by atoms with Gasteiger partial charge < -0.3 is 18.3 Å². The summed E-state index contributed by atoms with van der Waals surface area (Å²) in [5, 5.41) is 9.63. The number of fused-ring (bicyclic) bond motifs is 12. The summed E-state index contributed by atoms with van der Waals surface area (Å²) in [4.78, 5) is 8.91. The Labute approximate surface area is 507 Å². The first kappa shape index (κ1) is 49.6. The molecule has 0 saturated heterocycles. The number of hydrogen-bond donors (Lipinski definition) is 0. The third-order valence-electron chi connectivity index (χ3n) is 18.1. The molecule has 0 atom stereocenters. The smallest absolute Gasteiger partial charge is 0.0542 e. The van der Waals surface area contributed by atoms with Crippen molar-refractivity contribution in [3.8, 4) is 78.4 Å². The monoisotopic (exact) mass is 1120 g/mol. The predicted molar refractivity (Wildman–Crippen MR) is 367 cm³/mol. The molecule has 0 aliphatic heterocycles. The lowest BCUT2D eigenvalue weighted by Gasteiger charge is -2.12. The highest BCUT2D eigenvalue weighted by molar-refractivity contribution is 6.16. The second-order valence-corrected chi connectivity index (χ2v) is 23.0. The Hall–Kier alpha value is -11.9. The normalized spacial score (nSPS) is 11.9. The van der Waals surface area contributed by atoms with Crippen molar-refractivity contribution in [1.29, 1.82) is 0 Å². The third-order valence-corrected chi connectivity index (χ3v) is 18.1. The Balaban J connectivity index is 0.789. The van der Waals surface area contributed by atoms with Crippen LogP contribution in [0.4, 0.5) is 0 Å². The summed E-state index contributed by atoms with van der Waals surface area (Å²) in [6, 6.07) is 107. The zero-order chi connectivity index (χ0) is 57.8. The van der Waals surface area contributed by atoms with E-state index >= 15 is 0 Å². The maximum Gasteiger partial charge on any atom is 0.0542 e. The molecule has 0 N–H and O–H groups in total. The minimum atomic E-state index is 1.09. The molecular formula is C82H52N6. The Morgan fingerprint density at radius 1 is 0.170 bits per heavy atom. The van der Waals surface area contributed by atoms with Gasteiger partial charge in [0.2, 0.25) is 0 Å². The molecule has 0 unspecified atom stereocenters. The average Bonchev–Trinajstić information content (AvgIpc) is 2.02. The minimum absolute atomic E-state index is 1.09. The van der Waals surface area contributed by atoms with Crippen LogP contribution in [-0.2, 0) is 0 Å². The van der Waals surface area contributed by atoms with Gasteiger partial charge >= 0.3 is 0 Å². The van der Waals surface area contributed by atoms with Gasteiger partial charge in [0, 0.05) is 102 Å². The first-order valence-corrected chi connectivity index (χ1v) is 30.0. The van der Waals surface area contributed by atoms with E-state index in [1.54, 1.807) is 0 Å². The van der Waals surface area contributed by atoms with Gasteiger partial charge in [0.25, 0.3) is 0 Å².